The van der Waals surface area contributed by atoms with Gasteiger partial charge in [-0.15, -0.1) is 0 Å². The van der Waals surface area contributed by atoms with Crippen LogP contribution < -0.4 is 0 Å². The van der Waals surface area contributed by atoms with E-state index < -0.39 is 86.7 Å². The predicted molar refractivity (Wildman–Crippen MR) is 233 cm³/mol. The number of hydrogen-bond acceptors (Lipinski definition) is 14. The number of ether oxygens (including phenoxy) is 6. The molecule has 0 amide bonds. The van der Waals surface area contributed by atoms with Gasteiger partial charge in [0.2, 0.25) is 0 Å². The summed E-state index contributed by atoms with van der Waals surface area (Å²) >= 11 is 0. The molecule has 0 aliphatic carbocycles. The predicted octanol–water partition coefficient (Wildman–Crippen LogP) is 5.85. The first-order valence-electron chi connectivity index (χ1n) is 23.6. The van der Waals surface area contributed by atoms with Crippen LogP contribution in [-0.2, 0) is 33.2 Å². The van der Waals surface area contributed by atoms with Gasteiger partial charge in [-0.2, -0.15) is 0 Å². The SMILES string of the molecule is CCCCCCC/C=C\C/C=C\C/C=C\CCCCCCCCC(=O)OC(COCCCCCCCC)COC1OC(COC2OC(CO)C(O)C(O)C2O)C(O)C(O)C1O. The molecule has 14 nitrogen and oxygen atoms in total. The second kappa shape index (κ2) is 35.5. The zero-order valence-electron chi connectivity index (χ0n) is 37.4. The number of aliphatic hydroxyl groups is 7. The van der Waals surface area contributed by atoms with Crippen LogP contribution in [0.5, 0.6) is 0 Å². The van der Waals surface area contributed by atoms with Crippen molar-refractivity contribution in [2.45, 2.75) is 223 Å². The summed E-state index contributed by atoms with van der Waals surface area (Å²) in [4.78, 5) is 12.9. The van der Waals surface area contributed by atoms with Crippen LogP contribution in [0.4, 0.5) is 0 Å². The number of rotatable bonds is 36. The maximum absolute atomic E-state index is 12.9. The molecule has 11 atom stereocenters. The molecular weight excluding hydrogens is 789 g/mol. The topological polar surface area (TPSA) is 214 Å². The van der Waals surface area contributed by atoms with Crippen molar-refractivity contribution in [2.75, 3.05) is 33.0 Å². The summed E-state index contributed by atoms with van der Waals surface area (Å²) in [6.07, 6.45) is 21.0. The van der Waals surface area contributed by atoms with Gasteiger partial charge in [-0.05, 0) is 51.4 Å². The molecule has 2 fully saturated rings. The van der Waals surface area contributed by atoms with Crippen molar-refractivity contribution in [1.29, 1.82) is 0 Å². The molecule has 2 saturated heterocycles. The smallest absolute Gasteiger partial charge is 0.306 e. The molecule has 0 aromatic carbocycles. The van der Waals surface area contributed by atoms with Crippen LogP contribution in [-0.4, -0.2) is 142 Å². The summed E-state index contributed by atoms with van der Waals surface area (Å²) in [5.74, 6) is -0.392. The summed E-state index contributed by atoms with van der Waals surface area (Å²) in [5, 5.41) is 71.7. The Morgan fingerprint density at radius 2 is 1.02 bits per heavy atom. The van der Waals surface area contributed by atoms with E-state index >= 15 is 0 Å². The highest BCUT2D eigenvalue weighted by Gasteiger charge is 2.47. The van der Waals surface area contributed by atoms with Crippen molar-refractivity contribution < 1.29 is 69.0 Å². The molecule has 7 N–H and O–H groups in total. The molecule has 0 spiro atoms. The Morgan fingerprint density at radius 1 is 0.541 bits per heavy atom. The first kappa shape index (κ1) is 55.3. The van der Waals surface area contributed by atoms with Gasteiger partial charge in [-0.3, -0.25) is 4.79 Å². The summed E-state index contributed by atoms with van der Waals surface area (Å²) in [6, 6.07) is 0. The Hall–Kier alpha value is -1.79. The molecule has 0 aromatic heterocycles. The Kier molecular flexibility index (Phi) is 32.2. The molecule has 0 bridgehead atoms. The number of hydrogen-bond donors (Lipinski definition) is 7. The minimum Gasteiger partial charge on any atom is -0.457 e. The third kappa shape index (κ3) is 24.2. The summed E-state index contributed by atoms with van der Waals surface area (Å²) in [5.41, 5.74) is 0. The maximum Gasteiger partial charge on any atom is 0.306 e. The largest absolute Gasteiger partial charge is 0.457 e. The van der Waals surface area contributed by atoms with Gasteiger partial charge in [0.15, 0.2) is 12.6 Å². The van der Waals surface area contributed by atoms with Crippen molar-refractivity contribution in [1.82, 2.24) is 0 Å². The molecule has 2 rings (SSSR count). The summed E-state index contributed by atoms with van der Waals surface area (Å²) in [6.45, 7) is 3.58. The third-order valence-electron chi connectivity index (χ3n) is 11.2. The van der Waals surface area contributed by atoms with Crippen molar-refractivity contribution in [2.24, 2.45) is 0 Å². The Balaban J connectivity index is 1.72. The van der Waals surface area contributed by atoms with E-state index in [1.165, 1.54) is 57.8 Å². The van der Waals surface area contributed by atoms with Gasteiger partial charge in [-0.25, -0.2) is 0 Å². The van der Waals surface area contributed by atoms with E-state index in [1.807, 2.05) is 0 Å². The van der Waals surface area contributed by atoms with Crippen LogP contribution >= 0.6 is 0 Å². The monoisotopic (exact) mass is 873 g/mol. The molecule has 0 radical (unpaired) electrons. The van der Waals surface area contributed by atoms with Crippen LogP contribution in [0.25, 0.3) is 0 Å². The fraction of sp³-hybridized carbons (Fsp3) is 0.851. The molecule has 14 heteroatoms. The number of allylic oxidation sites excluding steroid dienone is 6. The second-order valence-corrected chi connectivity index (χ2v) is 16.6. The minimum atomic E-state index is -1.71. The van der Waals surface area contributed by atoms with Gasteiger partial charge in [0.25, 0.3) is 0 Å². The number of aliphatic hydroxyl groups excluding tert-OH is 7. The van der Waals surface area contributed by atoms with E-state index in [4.69, 9.17) is 28.4 Å². The molecule has 11 unspecified atom stereocenters. The molecule has 61 heavy (non-hydrogen) atoms. The number of unbranched alkanes of at least 4 members (excludes halogenated alkanes) is 16. The molecule has 2 heterocycles. The Labute approximate surface area is 366 Å². The van der Waals surface area contributed by atoms with Gasteiger partial charge >= 0.3 is 5.97 Å². The normalized spacial score (nSPS) is 27.8. The lowest BCUT2D eigenvalue weighted by Gasteiger charge is -2.42. The molecule has 0 aromatic rings. The minimum absolute atomic E-state index is 0.0553. The molecule has 2 aliphatic heterocycles. The fourth-order valence-electron chi connectivity index (χ4n) is 7.23. The van der Waals surface area contributed by atoms with Crippen molar-refractivity contribution >= 4 is 5.97 Å². The summed E-state index contributed by atoms with van der Waals surface area (Å²) < 4.78 is 34.0. The molecule has 2 aliphatic rings. The molecule has 356 valence electrons. The van der Waals surface area contributed by atoms with Crippen molar-refractivity contribution in [3.8, 4) is 0 Å². The molecular formula is C47H84O14. The van der Waals surface area contributed by atoms with E-state index in [1.54, 1.807) is 0 Å². The average Bonchev–Trinajstić information content (AvgIpc) is 3.26. The average molecular weight is 873 g/mol. The molecule has 0 saturated carbocycles. The Morgan fingerprint density at radius 3 is 1.59 bits per heavy atom. The van der Waals surface area contributed by atoms with Gasteiger partial charge in [0.1, 0.15) is 54.9 Å². The quantitative estimate of drug-likeness (QED) is 0.0224. The highest BCUT2D eigenvalue weighted by molar-refractivity contribution is 5.69. The van der Waals surface area contributed by atoms with Gasteiger partial charge < -0.3 is 64.2 Å². The summed E-state index contributed by atoms with van der Waals surface area (Å²) in [7, 11) is 0. The van der Waals surface area contributed by atoms with Crippen LogP contribution in [0.3, 0.4) is 0 Å². The third-order valence-corrected chi connectivity index (χ3v) is 11.2. The first-order valence-corrected chi connectivity index (χ1v) is 23.6. The van der Waals surface area contributed by atoms with E-state index in [0.717, 1.165) is 70.6 Å². The van der Waals surface area contributed by atoms with Crippen molar-refractivity contribution in [3.63, 3.8) is 0 Å². The van der Waals surface area contributed by atoms with Crippen LogP contribution in [0.15, 0.2) is 36.5 Å². The number of carbonyl (C=O) groups excluding carboxylic acids is 1. The van der Waals surface area contributed by atoms with E-state index in [9.17, 15) is 40.5 Å². The lowest BCUT2D eigenvalue weighted by Crippen LogP contribution is -2.61. The Bertz CT molecular complexity index is 1150. The van der Waals surface area contributed by atoms with E-state index in [0.29, 0.717) is 13.0 Å². The van der Waals surface area contributed by atoms with E-state index in [-0.39, 0.29) is 19.6 Å². The fourth-order valence-corrected chi connectivity index (χ4v) is 7.23. The maximum atomic E-state index is 12.9. The lowest BCUT2D eigenvalue weighted by atomic mass is 9.98. The van der Waals surface area contributed by atoms with Crippen LogP contribution in [0, 0.1) is 0 Å². The zero-order chi connectivity index (χ0) is 44.5. The zero-order valence-corrected chi connectivity index (χ0v) is 37.4. The van der Waals surface area contributed by atoms with Gasteiger partial charge in [-0.1, -0.05) is 134 Å². The van der Waals surface area contributed by atoms with Crippen LogP contribution in [0.2, 0.25) is 0 Å². The standard InChI is InChI=1S/C47H84O14/c1-3-5-7-9-11-12-13-14-15-16-17-18-19-20-21-22-23-24-25-26-28-30-39(49)59-36(33-56-31-29-27-10-8-6-4-2)34-57-46-45(55)43(53)41(51)38(61-46)35-58-47-44(54)42(52)40(50)37(32-48)60-47/h13-14,16-17,19-20,36-38,40-48,50-55H,3-12,15,18,21-35H2,1-2H3/b14-13-,17-16-,20-19-. The van der Waals surface area contributed by atoms with Gasteiger partial charge in [0.05, 0.1) is 26.4 Å². The van der Waals surface area contributed by atoms with Gasteiger partial charge in [0, 0.05) is 13.0 Å². The van der Waals surface area contributed by atoms with Crippen LogP contribution in [0.1, 0.15) is 155 Å². The van der Waals surface area contributed by atoms with E-state index in [2.05, 4.69) is 50.3 Å². The number of esters is 1. The lowest BCUT2D eigenvalue weighted by molar-refractivity contribution is -0.332. The van der Waals surface area contributed by atoms with Crippen molar-refractivity contribution in [3.05, 3.63) is 36.5 Å². The highest BCUT2D eigenvalue weighted by atomic mass is 16.7. The second-order valence-electron chi connectivity index (χ2n) is 16.6. The highest BCUT2D eigenvalue weighted by Crippen LogP contribution is 2.26. The number of carbonyl (C=O) groups is 1. The first-order chi connectivity index (χ1) is 29.6.